The SMILES string of the molecule is C=C(C)CCOCCCNC(=O)CCN1C(=O)CCC1=O. The zero-order valence-corrected chi connectivity index (χ0v) is 12.7. The summed E-state index contributed by atoms with van der Waals surface area (Å²) in [7, 11) is 0. The molecule has 1 N–H and O–H groups in total. The maximum Gasteiger partial charge on any atom is 0.229 e. The molecule has 118 valence electrons. The maximum absolute atomic E-state index is 11.6. The van der Waals surface area contributed by atoms with Crippen molar-refractivity contribution in [1.82, 2.24) is 10.2 Å². The molecule has 3 amide bonds. The summed E-state index contributed by atoms with van der Waals surface area (Å²) in [5.74, 6) is -0.512. The number of rotatable bonds is 10. The zero-order chi connectivity index (χ0) is 15.7. The van der Waals surface area contributed by atoms with E-state index in [-0.39, 0.29) is 43.5 Å². The van der Waals surface area contributed by atoms with E-state index in [0.29, 0.717) is 19.8 Å². The Kier molecular flexibility index (Phi) is 7.68. The molecule has 0 aromatic heterocycles. The molecule has 6 nitrogen and oxygen atoms in total. The smallest absolute Gasteiger partial charge is 0.229 e. The first-order valence-corrected chi connectivity index (χ1v) is 7.32. The predicted molar refractivity (Wildman–Crippen MR) is 78.4 cm³/mol. The zero-order valence-electron chi connectivity index (χ0n) is 12.7. The highest BCUT2D eigenvalue weighted by atomic mass is 16.5. The van der Waals surface area contributed by atoms with Crippen LogP contribution in [-0.2, 0) is 19.1 Å². The number of nitrogens with zero attached hydrogens (tertiary/aromatic N) is 1. The first kappa shape index (κ1) is 17.4. The molecule has 1 fully saturated rings. The van der Waals surface area contributed by atoms with E-state index < -0.39 is 0 Å². The van der Waals surface area contributed by atoms with Gasteiger partial charge in [0, 0.05) is 39.0 Å². The van der Waals surface area contributed by atoms with Crippen molar-refractivity contribution in [2.45, 2.75) is 39.0 Å². The van der Waals surface area contributed by atoms with Crippen molar-refractivity contribution < 1.29 is 19.1 Å². The van der Waals surface area contributed by atoms with E-state index in [1.807, 2.05) is 6.92 Å². The third kappa shape index (κ3) is 7.04. The highest BCUT2D eigenvalue weighted by molar-refractivity contribution is 6.02. The van der Waals surface area contributed by atoms with Gasteiger partial charge in [0.05, 0.1) is 6.61 Å². The number of ether oxygens (including phenoxy) is 1. The third-order valence-electron chi connectivity index (χ3n) is 3.18. The lowest BCUT2D eigenvalue weighted by Gasteiger charge is -2.13. The topological polar surface area (TPSA) is 75.7 Å². The van der Waals surface area contributed by atoms with Crippen molar-refractivity contribution in [3.05, 3.63) is 12.2 Å². The molecule has 0 bridgehead atoms. The summed E-state index contributed by atoms with van der Waals surface area (Å²) in [5.41, 5.74) is 1.09. The molecule has 1 saturated heterocycles. The van der Waals surface area contributed by atoms with Gasteiger partial charge in [0.1, 0.15) is 0 Å². The first-order chi connectivity index (χ1) is 10.0. The van der Waals surface area contributed by atoms with Gasteiger partial charge in [-0.2, -0.15) is 0 Å². The summed E-state index contributed by atoms with van der Waals surface area (Å²) in [6, 6.07) is 0. The van der Waals surface area contributed by atoms with Gasteiger partial charge < -0.3 is 10.1 Å². The number of amides is 3. The molecule has 6 heteroatoms. The predicted octanol–water partition coefficient (Wildman–Crippen LogP) is 1.01. The van der Waals surface area contributed by atoms with Gasteiger partial charge >= 0.3 is 0 Å². The van der Waals surface area contributed by atoms with E-state index in [4.69, 9.17) is 4.74 Å². The van der Waals surface area contributed by atoms with Gasteiger partial charge in [-0.1, -0.05) is 5.57 Å². The Morgan fingerprint density at radius 2 is 1.90 bits per heavy atom. The van der Waals surface area contributed by atoms with Crippen molar-refractivity contribution in [1.29, 1.82) is 0 Å². The van der Waals surface area contributed by atoms with E-state index in [1.54, 1.807) is 0 Å². The molecule has 1 rings (SSSR count). The number of carbonyl (C=O) groups is 3. The fourth-order valence-electron chi connectivity index (χ4n) is 1.92. The van der Waals surface area contributed by atoms with Gasteiger partial charge in [0.25, 0.3) is 0 Å². The molecule has 0 aliphatic carbocycles. The summed E-state index contributed by atoms with van der Waals surface area (Å²) in [6.07, 6.45) is 2.28. The minimum absolute atomic E-state index is 0.149. The van der Waals surface area contributed by atoms with Crippen LogP contribution in [0.25, 0.3) is 0 Å². The van der Waals surface area contributed by atoms with Crippen molar-refractivity contribution in [3.63, 3.8) is 0 Å². The molecule has 0 saturated carbocycles. The van der Waals surface area contributed by atoms with Crippen molar-refractivity contribution in [2.75, 3.05) is 26.3 Å². The van der Waals surface area contributed by atoms with Crippen LogP contribution >= 0.6 is 0 Å². The first-order valence-electron chi connectivity index (χ1n) is 7.32. The Bertz CT molecular complexity index is 390. The minimum atomic E-state index is -0.182. The Labute approximate surface area is 125 Å². The minimum Gasteiger partial charge on any atom is -0.381 e. The summed E-state index contributed by atoms with van der Waals surface area (Å²) in [5, 5.41) is 2.75. The van der Waals surface area contributed by atoms with Gasteiger partial charge in [-0.25, -0.2) is 0 Å². The molecule has 0 spiro atoms. The Hall–Kier alpha value is -1.69. The molecule has 0 radical (unpaired) electrons. The molecule has 1 heterocycles. The van der Waals surface area contributed by atoms with Crippen LogP contribution in [0, 0.1) is 0 Å². The highest BCUT2D eigenvalue weighted by Crippen LogP contribution is 2.11. The summed E-state index contributed by atoms with van der Waals surface area (Å²) < 4.78 is 5.39. The second-order valence-corrected chi connectivity index (χ2v) is 5.21. The fourth-order valence-corrected chi connectivity index (χ4v) is 1.92. The quantitative estimate of drug-likeness (QED) is 0.371. The fraction of sp³-hybridized carbons (Fsp3) is 0.667. The van der Waals surface area contributed by atoms with Crippen LogP contribution in [0.5, 0.6) is 0 Å². The maximum atomic E-state index is 11.6. The normalized spacial score (nSPS) is 14.6. The van der Waals surface area contributed by atoms with Crippen molar-refractivity contribution in [3.8, 4) is 0 Å². The number of nitrogens with one attached hydrogen (secondary N) is 1. The van der Waals surface area contributed by atoms with E-state index >= 15 is 0 Å². The monoisotopic (exact) mass is 296 g/mol. The molecule has 1 aliphatic rings. The summed E-state index contributed by atoms with van der Waals surface area (Å²) >= 11 is 0. The average Bonchev–Trinajstić information content (AvgIpc) is 2.74. The lowest BCUT2D eigenvalue weighted by molar-refractivity contribution is -0.138. The van der Waals surface area contributed by atoms with Crippen molar-refractivity contribution >= 4 is 17.7 Å². The Balaban J connectivity index is 2.00. The molecule has 0 atom stereocenters. The summed E-state index contributed by atoms with van der Waals surface area (Å²) in [4.78, 5) is 35.5. The van der Waals surface area contributed by atoms with Gasteiger partial charge in [0.2, 0.25) is 17.7 Å². The molecule has 21 heavy (non-hydrogen) atoms. The number of imide groups is 1. The van der Waals surface area contributed by atoms with E-state index in [2.05, 4.69) is 11.9 Å². The average molecular weight is 296 g/mol. The van der Waals surface area contributed by atoms with Crippen LogP contribution in [0.15, 0.2) is 12.2 Å². The van der Waals surface area contributed by atoms with E-state index in [9.17, 15) is 14.4 Å². The standard InChI is InChI=1S/C15H24N2O4/c1-12(2)7-11-21-10-3-8-16-13(18)6-9-17-14(19)4-5-15(17)20/h1,3-11H2,2H3,(H,16,18). The molecule has 0 unspecified atom stereocenters. The molecular weight excluding hydrogens is 272 g/mol. The van der Waals surface area contributed by atoms with Crippen LogP contribution in [0.2, 0.25) is 0 Å². The lowest BCUT2D eigenvalue weighted by atomic mass is 10.3. The number of hydrogen-bond acceptors (Lipinski definition) is 4. The number of carbonyl (C=O) groups excluding carboxylic acids is 3. The third-order valence-corrected chi connectivity index (χ3v) is 3.18. The Morgan fingerprint density at radius 3 is 2.52 bits per heavy atom. The summed E-state index contributed by atoms with van der Waals surface area (Å²) in [6.45, 7) is 7.71. The van der Waals surface area contributed by atoms with Crippen LogP contribution in [0.1, 0.15) is 39.0 Å². The lowest BCUT2D eigenvalue weighted by Crippen LogP contribution is -2.34. The van der Waals surface area contributed by atoms with Gasteiger partial charge in [-0.15, -0.1) is 6.58 Å². The molecule has 1 aliphatic heterocycles. The van der Waals surface area contributed by atoms with Crippen molar-refractivity contribution in [2.24, 2.45) is 0 Å². The van der Waals surface area contributed by atoms with E-state index in [0.717, 1.165) is 18.4 Å². The van der Waals surface area contributed by atoms with Crippen LogP contribution in [0.3, 0.4) is 0 Å². The second kappa shape index (κ2) is 9.28. The van der Waals surface area contributed by atoms with Gasteiger partial charge in [-0.3, -0.25) is 19.3 Å². The second-order valence-electron chi connectivity index (χ2n) is 5.21. The largest absolute Gasteiger partial charge is 0.381 e. The van der Waals surface area contributed by atoms with Crippen LogP contribution in [0.4, 0.5) is 0 Å². The molecule has 0 aromatic carbocycles. The van der Waals surface area contributed by atoms with E-state index in [1.165, 1.54) is 4.90 Å². The molecule has 0 aromatic rings. The molecular formula is C15H24N2O4. The van der Waals surface area contributed by atoms with Gasteiger partial charge in [0.15, 0.2) is 0 Å². The number of hydrogen-bond donors (Lipinski definition) is 1. The Morgan fingerprint density at radius 1 is 1.24 bits per heavy atom. The number of likely N-dealkylation sites (tertiary alicyclic amines) is 1. The highest BCUT2D eigenvalue weighted by Gasteiger charge is 2.28. The van der Waals surface area contributed by atoms with Gasteiger partial charge in [-0.05, 0) is 19.8 Å². The van der Waals surface area contributed by atoms with Crippen LogP contribution in [-0.4, -0.2) is 48.9 Å². The van der Waals surface area contributed by atoms with Crippen LogP contribution < -0.4 is 5.32 Å².